The van der Waals surface area contributed by atoms with E-state index in [1.807, 2.05) is 0 Å². The number of hydrogen-bond donors (Lipinski definition) is 2. The number of ether oxygens (including phenoxy) is 2. The maximum atomic E-state index is 12.1. The van der Waals surface area contributed by atoms with Gasteiger partial charge in [0, 0.05) is 11.4 Å². The van der Waals surface area contributed by atoms with Crippen molar-refractivity contribution >= 4 is 23.6 Å². The van der Waals surface area contributed by atoms with Gasteiger partial charge in [0.15, 0.2) is 0 Å². The quantitative estimate of drug-likeness (QED) is 0.0954. The highest BCUT2D eigenvalue weighted by molar-refractivity contribution is 5.87. The van der Waals surface area contributed by atoms with Gasteiger partial charge in [-0.3, -0.25) is 10.6 Å². The van der Waals surface area contributed by atoms with E-state index in [1.54, 1.807) is 24.3 Å². The molecular weight excluding hydrogens is 524 g/mol. The molecule has 0 unspecified atom stereocenters. The zero-order valence-electron chi connectivity index (χ0n) is 27.3. The smallest absolute Gasteiger partial charge is 0.411 e. The van der Waals surface area contributed by atoms with Crippen molar-refractivity contribution in [3.63, 3.8) is 0 Å². The Morgan fingerprint density at radius 1 is 0.429 bits per heavy atom. The predicted molar refractivity (Wildman–Crippen MR) is 179 cm³/mol. The molecule has 0 atom stereocenters. The van der Waals surface area contributed by atoms with Gasteiger partial charge >= 0.3 is 12.2 Å². The Morgan fingerprint density at radius 3 is 0.929 bits per heavy atom. The van der Waals surface area contributed by atoms with Gasteiger partial charge in [-0.2, -0.15) is 0 Å². The number of carbonyl (C=O) groups is 2. The largest absolute Gasteiger partial charge is 0.449 e. The number of anilines is 2. The van der Waals surface area contributed by atoms with Gasteiger partial charge in [-0.1, -0.05) is 155 Å². The van der Waals surface area contributed by atoms with E-state index in [-0.39, 0.29) is 0 Å². The van der Waals surface area contributed by atoms with E-state index in [0.717, 1.165) is 25.7 Å². The van der Waals surface area contributed by atoms with Crippen molar-refractivity contribution in [3.8, 4) is 0 Å². The topological polar surface area (TPSA) is 76.7 Å². The van der Waals surface area contributed by atoms with Crippen molar-refractivity contribution < 1.29 is 19.1 Å². The van der Waals surface area contributed by atoms with Crippen molar-refractivity contribution in [2.75, 3.05) is 23.8 Å². The third kappa shape index (κ3) is 24.4. The zero-order valence-corrected chi connectivity index (χ0v) is 27.3. The minimum absolute atomic E-state index is 0.438. The van der Waals surface area contributed by atoms with Gasteiger partial charge in [0.05, 0.1) is 13.2 Å². The van der Waals surface area contributed by atoms with Crippen LogP contribution < -0.4 is 10.6 Å². The number of unbranched alkanes of at least 4 members (excludes halogenated alkanes) is 22. The Hall–Kier alpha value is -2.24. The van der Waals surface area contributed by atoms with Crippen molar-refractivity contribution in [2.45, 2.75) is 168 Å². The number of rotatable bonds is 28. The average molecular weight is 589 g/mol. The molecule has 0 saturated heterocycles. The van der Waals surface area contributed by atoms with Gasteiger partial charge in [-0.15, -0.1) is 0 Å². The molecule has 42 heavy (non-hydrogen) atoms. The molecule has 0 fully saturated rings. The van der Waals surface area contributed by atoms with Crippen LogP contribution in [0.3, 0.4) is 0 Å². The third-order valence-corrected chi connectivity index (χ3v) is 7.84. The van der Waals surface area contributed by atoms with E-state index < -0.39 is 12.2 Å². The Bertz CT molecular complexity index is 690. The molecule has 0 spiro atoms. The van der Waals surface area contributed by atoms with Crippen LogP contribution in [0.1, 0.15) is 168 Å². The first-order valence-corrected chi connectivity index (χ1v) is 17.6. The van der Waals surface area contributed by atoms with E-state index in [1.165, 1.54) is 128 Å². The molecule has 0 bridgehead atoms. The maximum Gasteiger partial charge on any atom is 0.411 e. The monoisotopic (exact) mass is 588 g/mol. The molecule has 1 aromatic carbocycles. The lowest BCUT2D eigenvalue weighted by molar-refractivity contribution is 0.158. The molecule has 0 aliphatic carbocycles. The number of carbonyl (C=O) groups excluding carboxylic acids is 2. The van der Waals surface area contributed by atoms with Gasteiger partial charge in [-0.05, 0) is 37.1 Å². The highest BCUT2D eigenvalue weighted by Gasteiger charge is 2.06. The van der Waals surface area contributed by atoms with Crippen LogP contribution in [0.4, 0.5) is 21.0 Å². The minimum atomic E-state index is -0.444. The van der Waals surface area contributed by atoms with Crippen LogP contribution in [0.25, 0.3) is 0 Å². The summed E-state index contributed by atoms with van der Waals surface area (Å²) in [5, 5.41) is 5.48. The average Bonchev–Trinajstić information content (AvgIpc) is 2.99. The van der Waals surface area contributed by atoms with E-state index in [2.05, 4.69) is 24.5 Å². The molecule has 0 aliphatic heterocycles. The molecule has 2 amide bonds. The molecule has 6 nitrogen and oxygen atoms in total. The maximum absolute atomic E-state index is 12.1. The second kappa shape index (κ2) is 28.9. The lowest BCUT2D eigenvalue weighted by Gasteiger charge is -2.09. The molecular formula is C36H64N2O4. The van der Waals surface area contributed by atoms with E-state index in [0.29, 0.717) is 24.6 Å². The summed E-state index contributed by atoms with van der Waals surface area (Å²) in [5.41, 5.74) is 1.26. The summed E-state index contributed by atoms with van der Waals surface area (Å²) >= 11 is 0. The Morgan fingerprint density at radius 2 is 0.667 bits per heavy atom. The van der Waals surface area contributed by atoms with E-state index in [9.17, 15) is 9.59 Å². The fourth-order valence-electron chi connectivity index (χ4n) is 5.16. The molecule has 0 aromatic heterocycles. The lowest BCUT2D eigenvalue weighted by atomic mass is 10.1. The van der Waals surface area contributed by atoms with Crippen LogP contribution >= 0.6 is 0 Å². The Kier molecular flexibility index (Phi) is 26.0. The van der Waals surface area contributed by atoms with Gasteiger partial charge in [0.1, 0.15) is 0 Å². The Balaban J connectivity index is 1.96. The van der Waals surface area contributed by atoms with Gasteiger partial charge in [-0.25, -0.2) is 9.59 Å². The summed E-state index contributed by atoms with van der Waals surface area (Å²) in [4.78, 5) is 24.1. The van der Waals surface area contributed by atoms with Crippen molar-refractivity contribution in [3.05, 3.63) is 24.3 Å². The second-order valence-corrected chi connectivity index (χ2v) is 11.9. The van der Waals surface area contributed by atoms with Crippen LogP contribution in [-0.2, 0) is 9.47 Å². The molecule has 1 rings (SSSR count). The summed E-state index contributed by atoms with van der Waals surface area (Å²) in [6.07, 6.45) is 29.8. The van der Waals surface area contributed by atoms with Gasteiger partial charge < -0.3 is 9.47 Å². The third-order valence-electron chi connectivity index (χ3n) is 7.84. The lowest BCUT2D eigenvalue weighted by Crippen LogP contribution is -2.15. The van der Waals surface area contributed by atoms with E-state index in [4.69, 9.17) is 9.47 Å². The SMILES string of the molecule is CCCCCCCCCCCCCCOC(=O)Nc1ccc(NC(=O)OCCCCCCCCCCCCCC)cc1. The van der Waals surface area contributed by atoms with Crippen LogP contribution in [0.5, 0.6) is 0 Å². The van der Waals surface area contributed by atoms with Crippen LogP contribution in [0.15, 0.2) is 24.3 Å². The molecule has 0 aliphatic rings. The summed E-state index contributed by atoms with van der Waals surface area (Å²) < 4.78 is 10.6. The highest BCUT2D eigenvalue weighted by Crippen LogP contribution is 2.16. The molecule has 6 heteroatoms. The predicted octanol–water partition coefficient (Wildman–Crippen LogP) is 12.2. The second-order valence-electron chi connectivity index (χ2n) is 11.9. The molecule has 0 radical (unpaired) electrons. The standard InChI is InChI=1S/C36H64N2O4/c1-3-5-7-9-11-13-15-17-19-21-23-25-31-41-35(39)37-33-27-29-34(30-28-33)38-36(40)42-32-26-24-22-20-18-16-14-12-10-8-6-4-2/h27-30H,3-26,31-32H2,1-2H3,(H,37,39)(H,38,40). The van der Waals surface area contributed by atoms with Crippen molar-refractivity contribution in [1.29, 1.82) is 0 Å². The number of hydrogen-bond acceptors (Lipinski definition) is 4. The zero-order chi connectivity index (χ0) is 30.4. The first kappa shape index (κ1) is 37.8. The van der Waals surface area contributed by atoms with Crippen LogP contribution in [-0.4, -0.2) is 25.4 Å². The van der Waals surface area contributed by atoms with Gasteiger partial charge in [0.2, 0.25) is 0 Å². The first-order valence-electron chi connectivity index (χ1n) is 17.6. The van der Waals surface area contributed by atoms with Crippen molar-refractivity contribution in [2.24, 2.45) is 0 Å². The summed E-state index contributed by atoms with van der Waals surface area (Å²) in [5.74, 6) is 0. The molecule has 242 valence electrons. The highest BCUT2D eigenvalue weighted by atomic mass is 16.6. The Labute approximate surface area is 258 Å². The fraction of sp³-hybridized carbons (Fsp3) is 0.778. The van der Waals surface area contributed by atoms with Gasteiger partial charge in [0.25, 0.3) is 0 Å². The van der Waals surface area contributed by atoms with Crippen LogP contribution in [0.2, 0.25) is 0 Å². The fourth-order valence-corrected chi connectivity index (χ4v) is 5.16. The molecule has 0 heterocycles. The van der Waals surface area contributed by atoms with E-state index >= 15 is 0 Å². The van der Waals surface area contributed by atoms with Crippen LogP contribution in [0, 0.1) is 0 Å². The number of amides is 2. The number of benzene rings is 1. The minimum Gasteiger partial charge on any atom is -0.449 e. The molecule has 1 aromatic rings. The van der Waals surface area contributed by atoms with Crippen molar-refractivity contribution in [1.82, 2.24) is 0 Å². The molecule has 0 saturated carbocycles. The summed E-state index contributed by atoms with van der Waals surface area (Å²) in [7, 11) is 0. The summed E-state index contributed by atoms with van der Waals surface area (Å²) in [6.45, 7) is 5.40. The normalized spacial score (nSPS) is 10.9. The summed E-state index contributed by atoms with van der Waals surface area (Å²) in [6, 6.07) is 6.97. The number of nitrogens with one attached hydrogen (secondary N) is 2. The molecule has 2 N–H and O–H groups in total. The first-order chi connectivity index (χ1) is 20.7.